The number of Topliss-reactive ketones (excluding diaryl/α,β-unsaturated/α-hetero) is 1. The Morgan fingerprint density at radius 2 is 1.80 bits per heavy atom. The van der Waals surface area contributed by atoms with Gasteiger partial charge >= 0.3 is 0 Å². The number of hydrogen-bond donors (Lipinski definition) is 1. The van der Waals surface area contributed by atoms with E-state index in [4.69, 9.17) is 4.74 Å². The Morgan fingerprint density at radius 1 is 1.09 bits per heavy atom. The number of aromatic nitrogens is 3. The van der Waals surface area contributed by atoms with Gasteiger partial charge in [-0.15, -0.1) is 10.2 Å². The predicted octanol–water partition coefficient (Wildman–Crippen LogP) is 1.71. The van der Waals surface area contributed by atoms with Crippen LogP contribution in [0.25, 0.3) is 0 Å². The van der Waals surface area contributed by atoms with E-state index >= 15 is 0 Å². The molecule has 2 amide bonds. The molecule has 3 rings (SSSR count). The van der Waals surface area contributed by atoms with Gasteiger partial charge in [-0.3, -0.25) is 14.4 Å². The number of carbonyl (C=O) groups excluding carboxylic acids is 3. The molecular formula is C25H36N6O4. The highest BCUT2D eigenvalue weighted by Crippen LogP contribution is 2.22. The second kappa shape index (κ2) is 11.9. The highest BCUT2D eigenvalue weighted by molar-refractivity contribution is 5.94. The standard InChI is InChI=1S/C25H36N6O4/c1-17(2)14-21(26-23(33)15-29(4)5)25-28-27-22-10-11-30(12-13-31(22)25)24(34)16-35-20-8-6-19(7-9-20)18(3)32/h6-9,17,21H,10-16H2,1-5H3,(H,26,33). The van der Waals surface area contributed by atoms with Crippen LogP contribution in [0.5, 0.6) is 5.75 Å². The predicted molar refractivity (Wildman–Crippen MR) is 131 cm³/mol. The summed E-state index contributed by atoms with van der Waals surface area (Å²) in [7, 11) is 3.72. The smallest absolute Gasteiger partial charge is 0.260 e. The Bertz CT molecular complexity index is 1030. The van der Waals surface area contributed by atoms with Crippen LogP contribution in [0, 0.1) is 5.92 Å². The van der Waals surface area contributed by atoms with Crippen LogP contribution in [0.3, 0.4) is 0 Å². The number of likely N-dealkylation sites (N-methyl/N-ethyl adjacent to an activating group) is 1. The summed E-state index contributed by atoms with van der Waals surface area (Å²) in [6, 6.07) is 6.52. The molecule has 0 fully saturated rings. The summed E-state index contributed by atoms with van der Waals surface area (Å²) in [4.78, 5) is 40.3. The lowest BCUT2D eigenvalue weighted by Crippen LogP contribution is -2.38. The summed E-state index contributed by atoms with van der Waals surface area (Å²) < 4.78 is 7.69. The third-order valence-electron chi connectivity index (χ3n) is 5.84. The Morgan fingerprint density at radius 3 is 2.43 bits per heavy atom. The number of ether oxygens (including phenoxy) is 1. The number of carbonyl (C=O) groups is 3. The lowest BCUT2D eigenvalue weighted by atomic mass is 10.0. The van der Waals surface area contributed by atoms with Gasteiger partial charge in [0, 0.05) is 31.6 Å². The summed E-state index contributed by atoms with van der Waals surface area (Å²) in [5.41, 5.74) is 0.601. The first-order valence-electron chi connectivity index (χ1n) is 12.0. The molecular weight excluding hydrogens is 448 g/mol. The van der Waals surface area contributed by atoms with Gasteiger partial charge in [-0.1, -0.05) is 13.8 Å². The highest BCUT2D eigenvalue weighted by Gasteiger charge is 2.27. The van der Waals surface area contributed by atoms with Crippen molar-refractivity contribution in [2.45, 2.75) is 46.2 Å². The number of fused-ring (bicyclic) bond motifs is 1. The molecule has 1 aromatic heterocycles. The number of amides is 2. The van der Waals surface area contributed by atoms with Crippen LogP contribution in [0.1, 0.15) is 55.2 Å². The minimum absolute atomic E-state index is 0.0172. The summed E-state index contributed by atoms with van der Waals surface area (Å²) in [6.07, 6.45) is 1.32. The van der Waals surface area contributed by atoms with Gasteiger partial charge in [0.2, 0.25) is 5.91 Å². The van der Waals surface area contributed by atoms with Crippen molar-refractivity contribution in [3.8, 4) is 5.75 Å². The molecule has 1 aliphatic heterocycles. The molecule has 1 aliphatic rings. The van der Waals surface area contributed by atoms with Crippen molar-refractivity contribution in [2.24, 2.45) is 5.92 Å². The van der Waals surface area contributed by atoms with Crippen LogP contribution in [0.4, 0.5) is 0 Å². The van der Waals surface area contributed by atoms with Crippen LogP contribution in [0.2, 0.25) is 0 Å². The fourth-order valence-corrected chi connectivity index (χ4v) is 4.10. The maximum absolute atomic E-state index is 12.8. The lowest BCUT2D eigenvalue weighted by Gasteiger charge is -2.23. The summed E-state index contributed by atoms with van der Waals surface area (Å²) in [6.45, 7) is 7.52. The van der Waals surface area contributed by atoms with Crippen LogP contribution >= 0.6 is 0 Å². The first-order valence-corrected chi connectivity index (χ1v) is 12.0. The molecule has 0 spiro atoms. The van der Waals surface area contributed by atoms with E-state index in [9.17, 15) is 14.4 Å². The largest absolute Gasteiger partial charge is 0.484 e. The number of benzene rings is 1. The van der Waals surface area contributed by atoms with Gasteiger partial charge in [-0.2, -0.15) is 0 Å². The summed E-state index contributed by atoms with van der Waals surface area (Å²) in [5, 5.41) is 11.9. The molecule has 2 aromatic rings. The van der Waals surface area contributed by atoms with Crippen molar-refractivity contribution < 1.29 is 19.1 Å². The average Bonchev–Trinajstić information content (AvgIpc) is 3.07. The normalized spacial score (nSPS) is 14.4. The zero-order valence-corrected chi connectivity index (χ0v) is 21.3. The molecule has 1 unspecified atom stereocenters. The van der Waals surface area contributed by atoms with Gasteiger partial charge in [0.05, 0.1) is 12.6 Å². The third-order valence-corrected chi connectivity index (χ3v) is 5.84. The molecule has 1 N–H and O–H groups in total. The topological polar surface area (TPSA) is 110 Å². The van der Waals surface area contributed by atoms with E-state index in [2.05, 4.69) is 29.4 Å². The van der Waals surface area contributed by atoms with Crippen LogP contribution in [0.15, 0.2) is 24.3 Å². The third kappa shape index (κ3) is 7.35. The van der Waals surface area contributed by atoms with Crippen molar-refractivity contribution in [3.05, 3.63) is 41.5 Å². The maximum Gasteiger partial charge on any atom is 0.260 e. The average molecular weight is 485 g/mol. The van der Waals surface area contributed by atoms with E-state index in [-0.39, 0.29) is 30.2 Å². The van der Waals surface area contributed by atoms with E-state index in [1.165, 1.54) is 6.92 Å². The van der Waals surface area contributed by atoms with Gasteiger partial charge in [0.1, 0.15) is 11.6 Å². The number of rotatable bonds is 10. The van der Waals surface area contributed by atoms with Gasteiger partial charge in [-0.05, 0) is 57.6 Å². The second-order valence-electron chi connectivity index (χ2n) is 9.61. The molecule has 10 heteroatoms. The number of nitrogens with one attached hydrogen (secondary N) is 1. The molecule has 190 valence electrons. The molecule has 0 aliphatic carbocycles. The van der Waals surface area contributed by atoms with Crippen molar-refractivity contribution in [2.75, 3.05) is 40.3 Å². The van der Waals surface area contributed by atoms with Crippen molar-refractivity contribution in [1.82, 2.24) is 29.9 Å². The lowest BCUT2D eigenvalue weighted by molar-refractivity contribution is -0.133. The van der Waals surface area contributed by atoms with Crippen LogP contribution in [-0.2, 0) is 22.6 Å². The highest BCUT2D eigenvalue weighted by atomic mass is 16.5. The fourth-order valence-electron chi connectivity index (χ4n) is 4.10. The molecule has 0 radical (unpaired) electrons. The van der Waals surface area contributed by atoms with Crippen LogP contribution < -0.4 is 10.1 Å². The van der Waals surface area contributed by atoms with E-state index in [1.807, 2.05) is 23.6 Å². The van der Waals surface area contributed by atoms with E-state index in [0.717, 1.165) is 18.1 Å². The first-order chi connectivity index (χ1) is 16.6. The second-order valence-corrected chi connectivity index (χ2v) is 9.61. The van der Waals surface area contributed by atoms with Crippen molar-refractivity contribution in [3.63, 3.8) is 0 Å². The molecule has 1 aromatic carbocycles. The van der Waals surface area contributed by atoms with E-state index < -0.39 is 0 Å². The van der Waals surface area contributed by atoms with E-state index in [1.54, 1.807) is 29.2 Å². The molecule has 10 nitrogen and oxygen atoms in total. The number of hydrogen-bond acceptors (Lipinski definition) is 7. The SMILES string of the molecule is CC(=O)c1ccc(OCC(=O)N2CCc3nnc(C(CC(C)C)NC(=O)CN(C)C)n3CC2)cc1. The molecule has 0 saturated carbocycles. The Labute approximate surface area is 206 Å². The Hall–Kier alpha value is -3.27. The Balaban J connectivity index is 1.63. The van der Waals surface area contributed by atoms with Gasteiger partial charge < -0.3 is 24.4 Å². The Kier molecular flexibility index (Phi) is 8.97. The monoisotopic (exact) mass is 484 g/mol. The van der Waals surface area contributed by atoms with Crippen LogP contribution in [-0.4, -0.2) is 82.5 Å². The van der Waals surface area contributed by atoms with Gasteiger partial charge in [0.25, 0.3) is 5.91 Å². The molecule has 2 heterocycles. The molecule has 35 heavy (non-hydrogen) atoms. The fraction of sp³-hybridized carbons (Fsp3) is 0.560. The quantitative estimate of drug-likeness (QED) is 0.511. The van der Waals surface area contributed by atoms with Crippen molar-refractivity contribution in [1.29, 1.82) is 0 Å². The van der Waals surface area contributed by atoms with Gasteiger partial charge in [0.15, 0.2) is 18.2 Å². The molecule has 0 saturated heterocycles. The van der Waals surface area contributed by atoms with Crippen molar-refractivity contribution >= 4 is 17.6 Å². The minimum Gasteiger partial charge on any atom is -0.484 e. The zero-order chi connectivity index (χ0) is 25.5. The number of nitrogens with zero attached hydrogens (tertiary/aromatic N) is 5. The number of ketones is 1. The zero-order valence-electron chi connectivity index (χ0n) is 21.3. The molecule has 1 atom stereocenters. The minimum atomic E-state index is -0.243. The molecule has 0 bridgehead atoms. The van der Waals surface area contributed by atoms with Gasteiger partial charge in [-0.25, -0.2) is 0 Å². The summed E-state index contributed by atoms with van der Waals surface area (Å²) in [5.74, 6) is 2.26. The maximum atomic E-state index is 12.8. The first kappa shape index (κ1) is 26.3. The summed E-state index contributed by atoms with van der Waals surface area (Å²) >= 11 is 0. The van der Waals surface area contributed by atoms with E-state index in [0.29, 0.717) is 49.8 Å².